The molecule has 1 saturated heterocycles. The largest absolute Gasteiger partial charge is 0.381 e. The molecule has 0 unspecified atom stereocenters. The summed E-state index contributed by atoms with van der Waals surface area (Å²) in [4.78, 5) is 8.42. The highest BCUT2D eigenvalue weighted by Gasteiger charge is 2.24. The van der Waals surface area contributed by atoms with Gasteiger partial charge in [-0.2, -0.15) is 10.1 Å². The van der Waals surface area contributed by atoms with E-state index in [1.165, 1.54) is 0 Å². The van der Waals surface area contributed by atoms with Crippen LogP contribution in [0.3, 0.4) is 0 Å². The van der Waals surface area contributed by atoms with Crippen molar-refractivity contribution in [2.45, 2.75) is 12.3 Å². The van der Waals surface area contributed by atoms with Gasteiger partial charge in [0.1, 0.15) is 5.69 Å². The van der Waals surface area contributed by atoms with E-state index in [9.17, 15) is 0 Å². The van der Waals surface area contributed by atoms with Gasteiger partial charge in [-0.3, -0.25) is 10.1 Å². The van der Waals surface area contributed by atoms with Gasteiger partial charge in [0.05, 0.1) is 12.3 Å². The quantitative estimate of drug-likeness (QED) is 0.791. The van der Waals surface area contributed by atoms with E-state index in [1.54, 1.807) is 12.4 Å². The van der Waals surface area contributed by atoms with E-state index in [0.717, 1.165) is 24.3 Å². The van der Waals surface area contributed by atoms with E-state index in [4.69, 9.17) is 9.26 Å². The molecule has 1 N–H and O–H groups in total. The second-order valence-corrected chi connectivity index (χ2v) is 4.92. The Bertz CT molecular complexity index is 731. The van der Waals surface area contributed by atoms with Gasteiger partial charge in [-0.1, -0.05) is 5.16 Å². The molecule has 0 aliphatic carbocycles. The average Bonchev–Trinajstić information content (AvgIpc) is 3.27. The zero-order valence-corrected chi connectivity index (χ0v) is 11.2. The number of H-pyrrole nitrogens is 1. The maximum absolute atomic E-state index is 5.34. The van der Waals surface area contributed by atoms with Crippen molar-refractivity contribution in [3.63, 3.8) is 0 Å². The fourth-order valence-electron chi connectivity index (χ4n) is 2.35. The van der Waals surface area contributed by atoms with Crippen LogP contribution < -0.4 is 0 Å². The van der Waals surface area contributed by atoms with E-state index in [-0.39, 0.29) is 5.92 Å². The molecule has 0 saturated carbocycles. The molecule has 0 aromatic carbocycles. The van der Waals surface area contributed by atoms with Gasteiger partial charge in [0.25, 0.3) is 5.89 Å². The first-order valence-electron chi connectivity index (χ1n) is 6.78. The van der Waals surface area contributed by atoms with Crippen molar-refractivity contribution in [3.8, 4) is 22.8 Å². The molecule has 4 heterocycles. The Morgan fingerprint density at radius 1 is 1.24 bits per heavy atom. The van der Waals surface area contributed by atoms with Gasteiger partial charge in [0.2, 0.25) is 0 Å². The lowest BCUT2D eigenvalue weighted by atomic mass is 10.1. The van der Waals surface area contributed by atoms with Gasteiger partial charge in [-0.25, -0.2) is 0 Å². The van der Waals surface area contributed by atoms with Crippen LogP contribution in [0.4, 0.5) is 0 Å². The zero-order valence-electron chi connectivity index (χ0n) is 11.2. The van der Waals surface area contributed by atoms with Crippen molar-refractivity contribution in [2.24, 2.45) is 0 Å². The highest BCUT2D eigenvalue weighted by molar-refractivity contribution is 5.63. The van der Waals surface area contributed by atoms with Crippen LogP contribution in [0, 0.1) is 0 Å². The van der Waals surface area contributed by atoms with Crippen LogP contribution >= 0.6 is 0 Å². The normalized spacial score (nSPS) is 18.2. The van der Waals surface area contributed by atoms with Gasteiger partial charge in [-0.05, 0) is 24.6 Å². The van der Waals surface area contributed by atoms with Gasteiger partial charge in [-0.15, -0.1) is 0 Å². The average molecular weight is 283 g/mol. The summed E-state index contributed by atoms with van der Waals surface area (Å²) < 4.78 is 10.7. The van der Waals surface area contributed by atoms with E-state index in [1.807, 2.05) is 18.2 Å². The molecule has 21 heavy (non-hydrogen) atoms. The number of pyridine rings is 1. The number of hydrogen-bond donors (Lipinski definition) is 1. The third kappa shape index (κ3) is 2.31. The van der Waals surface area contributed by atoms with Crippen LogP contribution in [0.15, 0.2) is 35.1 Å². The number of aromatic nitrogens is 5. The predicted octanol–water partition coefficient (Wildman–Crippen LogP) is 2.03. The second-order valence-electron chi connectivity index (χ2n) is 4.92. The summed E-state index contributed by atoms with van der Waals surface area (Å²) >= 11 is 0. The Morgan fingerprint density at radius 2 is 2.14 bits per heavy atom. The van der Waals surface area contributed by atoms with Crippen molar-refractivity contribution in [2.75, 3.05) is 13.2 Å². The summed E-state index contributed by atoms with van der Waals surface area (Å²) in [7, 11) is 0. The van der Waals surface area contributed by atoms with E-state index >= 15 is 0 Å². The second kappa shape index (κ2) is 5.10. The van der Waals surface area contributed by atoms with Crippen LogP contribution in [0.5, 0.6) is 0 Å². The first-order chi connectivity index (χ1) is 10.4. The molecule has 4 rings (SSSR count). The van der Waals surface area contributed by atoms with Crippen LogP contribution in [0.2, 0.25) is 0 Å². The van der Waals surface area contributed by atoms with Crippen molar-refractivity contribution >= 4 is 0 Å². The molecule has 0 bridgehead atoms. The number of rotatable bonds is 3. The standard InChI is InChI=1S/C14H13N5O2/c1-4-15-5-2-9(1)11-7-12(18-17-11)14-16-13(19-21-14)10-3-6-20-8-10/h1-2,4-5,7,10H,3,6,8H2,(H,17,18)/t10-/m0/s1. The third-order valence-corrected chi connectivity index (χ3v) is 3.52. The van der Waals surface area contributed by atoms with Crippen molar-refractivity contribution in [3.05, 3.63) is 36.4 Å². The molecule has 7 heteroatoms. The molecule has 7 nitrogen and oxygen atoms in total. The van der Waals surface area contributed by atoms with Crippen LogP contribution in [-0.2, 0) is 4.74 Å². The van der Waals surface area contributed by atoms with Gasteiger partial charge >= 0.3 is 0 Å². The van der Waals surface area contributed by atoms with Gasteiger partial charge in [0, 0.05) is 30.5 Å². The van der Waals surface area contributed by atoms with Crippen LogP contribution in [-0.4, -0.2) is 38.5 Å². The highest BCUT2D eigenvalue weighted by Crippen LogP contribution is 2.26. The Morgan fingerprint density at radius 3 is 2.95 bits per heavy atom. The monoisotopic (exact) mass is 283 g/mol. The molecular formula is C14H13N5O2. The van der Waals surface area contributed by atoms with Crippen molar-refractivity contribution in [1.29, 1.82) is 0 Å². The molecule has 1 aliphatic heterocycles. The van der Waals surface area contributed by atoms with Crippen molar-refractivity contribution < 1.29 is 9.26 Å². The summed E-state index contributed by atoms with van der Waals surface area (Å²) in [5, 5.41) is 11.2. The lowest BCUT2D eigenvalue weighted by molar-refractivity contribution is 0.192. The maximum atomic E-state index is 5.34. The predicted molar refractivity (Wildman–Crippen MR) is 73.3 cm³/mol. The molecule has 1 atom stereocenters. The molecule has 106 valence electrons. The number of aromatic amines is 1. The molecule has 0 spiro atoms. The summed E-state index contributed by atoms with van der Waals surface area (Å²) in [6, 6.07) is 5.68. The van der Waals surface area contributed by atoms with Crippen molar-refractivity contribution in [1.82, 2.24) is 25.3 Å². The lowest BCUT2D eigenvalue weighted by Gasteiger charge is -1.97. The topological polar surface area (TPSA) is 89.7 Å². The van der Waals surface area contributed by atoms with E-state index in [0.29, 0.717) is 24.0 Å². The van der Waals surface area contributed by atoms with Crippen LogP contribution in [0.1, 0.15) is 18.2 Å². The fourth-order valence-corrected chi connectivity index (χ4v) is 2.35. The molecule has 1 aliphatic rings. The molecule has 3 aromatic heterocycles. The zero-order chi connectivity index (χ0) is 14.1. The summed E-state index contributed by atoms with van der Waals surface area (Å²) in [5.74, 6) is 1.37. The smallest absolute Gasteiger partial charge is 0.275 e. The summed E-state index contributed by atoms with van der Waals surface area (Å²) in [5.41, 5.74) is 2.51. The Labute approximate surface area is 120 Å². The molecule has 1 fully saturated rings. The number of hydrogen-bond acceptors (Lipinski definition) is 6. The number of nitrogens with zero attached hydrogens (tertiary/aromatic N) is 4. The first-order valence-corrected chi connectivity index (χ1v) is 6.78. The molecule has 0 amide bonds. The Balaban J connectivity index is 1.61. The molecular weight excluding hydrogens is 270 g/mol. The van der Waals surface area contributed by atoms with Gasteiger partial charge < -0.3 is 9.26 Å². The maximum Gasteiger partial charge on any atom is 0.275 e. The molecule has 3 aromatic rings. The summed E-state index contributed by atoms with van der Waals surface area (Å²) in [6.07, 6.45) is 4.40. The number of nitrogens with one attached hydrogen (secondary N) is 1. The number of ether oxygens (including phenoxy) is 1. The third-order valence-electron chi connectivity index (χ3n) is 3.52. The van der Waals surface area contributed by atoms with E-state index < -0.39 is 0 Å². The SMILES string of the molecule is c1cc(-c2cc(-c3nc([C@H]4CCOC4)no3)[nH]n2)ccn1. The first kappa shape index (κ1) is 12.2. The minimum absolute atomic E-state index is 0.227. The lowest BCUT2D eigenvalue weighted by Crippen LogP contribution is -1.99. The summed E-state index contributed by atoms with van der Waals surface area (Å²) in [6.45, 7) is 1.41. The Hall–Kier alpha value is -2.54. The van der Waals surface area contributed by atoms with Crippen LogP contribution in [0.25, 0.3) is 22.8 Å². The molecule has 0 radical (unpaired) electrons. The Kier molecular flexibility index (Phi) is 2.97. The fraction of sp³-hybridized carbons (Fsp3) is 0.286. The minimum Gasteiger partial charge on any atom is -0.381 e. The minimum atomic E-state index is 0.227. The van der Waals surface area contributed by atoms with E-state index in [2.05, 4.69) is 25.3 Å². The van der Waals surface area contributed by atoms with Gasteiger partial charge in [0.15, 0.2) is 5.82 Å². The highest BCUT2D eigenvalue weighted by atomic mass is 16.5.